The van der Waals surface area contributed by atoms with E-state index < -0.39 is 5.97 Å². The quantitative estimate of drug-likeness (QED) is 0.810. The summed E-state index contributed by atoms with van der Waals surface area (Å²) < 4.78 is 1.73. The Morgan fingerprint density at radius 2 is 2.04 bits per heavy atom. The standard InChI is InChI=1S/C18H18Cl2N2O2/c1-17(2)10-6-7-18(17,3)15-13(10)14(16(23)24)21-22(15)12-5-4-9(19)8-11(12)20/h4-5,8,10H,6-7H2,1-3H3,(H,23,24). The Labute approximate surface area is 150 Å². The highest BCUT2D eigenvalue weighted by atomic mass is 35.5. The molecule has 0 radical (unpaired) electrons. The van der Waals surface area contributed by atoms with Crippen LogP contribution in [0.15, 0.2) is 18.2 Å². The first-order valence-electron chi connectivity index (χ1n) is 8.00. The molecule has 24 heavy (non-hydrogen) atoms. The van der Waals surface area contributed by atoms with Gasteiger partial charge in [0, 0.05) is 16.0 Å². The maximum atomic E-state index is 11.8. The van der Waals surface area contributed by atoms with Crippen LogP contribution in [0.25, 0.3) is 5.69 Å². The predicted molar refractivity (Wildman–Crippen MR) is 93.7 cm³/mol. The third-order valence-electron chi connectivity index (χ3n) is 6.36. The van der Waals surface area contributed by atoms with Crippen LogP contribution in [0.4, 0.5) is 0 Å². The number of carboxylic acid groups (broad SMARTS) is 1. The maximum absolute atomic E-state index is 11.8. The molecule has 0 aliphatic heterocycles. The van der Waals surface area contributed by atoms with Crippen molar-refractivity contribution >= 4 is 29.2 Å². The van der Waals surface area contributed by atoms with E-state index in [9.17, 15) is 9.90 Å². The van der Waals surface area contributed by atoms with Crippen LogP contribution < -0.4 is 0 Å². The molecular weight excluding hydrogens is 347 g/mol. The fourth-order valence-corrected chi connectivity index (χ4v) is 5.19. The molecule has 0 spiro atoms. The Hall–Kier alpha value is -1.52. The van der Waals surface area contributed by atoms with Crippen molar-refractivity contribution < 1.29 is 9.90 Å². The van der Waals surface area contributed by atoms with E-state index in [1.54, 1.807) is 22.9 Å². The Morgan fingerprint density at radius 1 is 1.33 bits per heavy atom. The van der Waals surface area contributed by atoms with Gasteiger partial charge in [-0.05, 0) is 42.4 Å². The summed E-state index contributed by atoms with van der Waals surface area (Å²) in [5.41, 5.74) is 2.56. The SMILES string of the molecule is CC12CCC(c3c(C(=O)O)nn(-c4ccc(Cl)cc4Cl)c31)C2(C)C. The lowest BCUT2D eigenvalue weighted by molar-refractivity contribution is 0.0687. The minimum Gasteiger partial charge on any atom is -0.476 e. The first-order valence-corrected chi connectivity index (χ1v) is 8.76. The number of nitrogens with zero attached hydrogens (tertiary/aromatic N) is 2. The van der Waals surface area contributed by atoms with Gasteiger partial charge in [-0.25, -0.2) is 9.48 Å². The molecule has 1 aromatic carbocycles. The Kier molecular flexibility index (Phi) is 3.17. The van der Waals surface area contributed by atoms with E-state index >= 15 is 0 Å². The van der Waals surface area contributed by atoms with Crippen LogP contribution in [0.1, 0.15) is 61.3 Å². The molecule has 1 fully saturated rings. The monoisotopic (exact) mass is 364 g/mol. The second-order valence-electron chi connectivity index (χ2n) is 7.57. The summed E-state index contributed by atoms with van der Waals surface area (Å²) in [4.78, 5) is 11.8. The van der Waals surface area contributed by atoms with Gasteiger partial charge in [0.15, 0.2) is 5.69 Å². The Morgan fingerprint density at radius 3 is 2.67 bits per heavy atom. The van der Waals surface area contributed by atoms with Gasteiger partial charge in [0.1, 0.15) is 0 Å². The van der Waals surface area contributed by atoms with Gasteiger partial charge < -0.3 is 5.11 Å². The lowest BCUT2D eigenvalue weighted by Gasteiger charge is -2.35. The van der Waals surface area contributed by atoms with Crippen molar-refractivity contribution in [1.82, 2.24) is 9.78 Å². The Balaban J connectivity index is 2.05. The van der Waals surface area contributed by atoms with Crippen LogP contribution in [0.3, 0.4) is 0 Å². The molecule has 0 amide bonds. The molecule has 2 atom stereocenters. The van der Waals surface area contributed by atoms with E-state index in [0.29, 0.717) is 15.7 Å². The molecular formula is C18H18Cl2N2O2. The van der Waals surface area contributed by atoms with Crippen molar-refractivity contribution in [3.8, 4) is 5.69 Å². The van der Waals surface area contributed by atoms with Gasteiger partial charge >= 0.3 is 5.97 Å². The molecule has 2 bridgehead atoms. The van der Waals surface area contributed by atoms with Crippen LogP contribution in [0.5, 0.6) is 0 Å². The van der Waals surface area contributed by atoms with Crippen molar-refractivity contribution in [2.45, 2.75) is 44.9 Å². The van der Waals surface area contributed by atoms with Crippen molar-refractivity contribution in [1.29, 1.82) is 0 Å². The third-order valence-corrected chi connectivity index (χ3v) is 6.90. The lowest BCUT2D eigenvalue weighted by Crippen LogP contribution is -2.33. The van der Waals surface area contributed by atoms with Crippen LogP contribution in [-0.4, -0.2) is 20.9 Å². The van der Waals surface area contributed by atoms with Gasteiger partial charge in [-0.15, -0.1) is 0 Å². The third kappa shape index (κ3) is 1.76. The summed E-state index contributed by atoms with van der Waals surface area (Å²) >= 11 is 12.4. The molecule has 1 heterocycles. The second kappa shape index (κ2) is 4.77. The second-order valence-corrected chi connectivity index (χ2v) is 8.41. The van der Waals surface area contributed by atoms with Gasteiger partial charge in [0.2, 0.25) is 0 Å². The zero-order chi connectivity index (χ0) is 17.4. The number of hydrogen-bond donors (Lipinski definition) is 1. The van der Waals surface area contributed by atoms with Gasteiger partial charge in [-0.2, -0.15) is 5.10 Å². The largest absolute Gasteiger partial charge is 0.476 e. The summed E-state index contributed by atoms with van der Waals surface area (Å²) in [6.45, 7) is 6.67. The van der Waals surface area contributed by atoms with Crippen molar-refractivity contribution in [3.05, 3.63) is 45.2 Å². The van der Waals surface area contributed by atoms with Crippen LogP contribution in [0, 0.1) is 5.41 Å². The average Bonchev–Trinajstić information content (AvgIpc) is 3.03. The Bertz CT molecular complexity index is 887. The molecule has 2 aromatic rings. The smallest absolute Gasteiger partial charge is 0.356 e. The molecule has 1 N–H and O–H groups in total. The number of hydrogen-bond acceptors (Lipinski definition) is 2. The van der Waals surface area contributed by atoms with Crippen LogP contribution >= 0.6 is 23.2 Å². The molecule has 4 rings (SSSR count). The van der Waals surface area contributed by atoms with E-state index in [2.05, 4.69) is 25.9 Å². The van der Waals surface area contributed by atoms with Gasteiger partial charge in [0.25, 0.3) is 0 Å². The fraction of sp³-hybridized carbons (Fsp3) is 0.444. The number of halogens is 2. The molecule has 4 nitrogen and oxygen atoms in total. The predicted octanol–water partition coefficient (Wildman–Crippen LogP) is 5.05. The first kappa shape index (κ1) is 16.0. The number of aromatic nitrogens is 2. The number of fused-ring (bicyclic) bond motifs is 5. The zero-order valence-corrected chi connectivity index (χ0v) is 15.2. The summed E-state index contributed by atoms with van der Waals surface area (Å²) in [6.07, 6.45) is 2.02. The number of carboxylic acids is 1. The summed E-state index contributed by atoms with van der Waals surface area (Å²) in [7, 11) is 0. The van der Waals surface area contributed by atoms with E-state index in [1.165, 1.54) is 0 Å². The highest BCUT2D eigenvalue weighted by molar-refractivity contribution is 6.35. The molecule has 0 saturated heterocycles. The average molecular weight is 365 g/mol. The molecule has 2 aliphatic rings. The zero-order valence-electron chi connectivity index (χ0n) is 13.7. The molecule has 2 unspecified atom stereocenters. The minimum absolute atomic E-state index is 0.00847. The van der Waals surface area contributed by atoms with E-state index in [1.807, 2.05) is 0 Å². The summed E-state index contributed by atoms with van der Waals surface area (Å²) in [6, 6.07) is 5.21. The lowest BCUT2D eigenvalue weighted by atomic mass is 9.70. The number of rotatable bonds is 2. The van der Waals surface area contributed by atoms with Gasteiger partial charge in [-0.1, -0.05) is 44.0 Å². The number of aromatic carboxylic acids is 1. The fourth-order valence-electron chi connectivity index (χ4n) is 4.71. The normalized spacial score (nSPS) is 26.6. The van der Waals surface area contributed by atoms with Crippen molar-refractivity contribution in [3.63, 3.8) is 0 Å². The maximum Gasteiger partial charge on any atom is 0.356 e. The highest BCUT2D eigenvalue weighted by Gasteiger charge is 2.63. The minimum atomic E-state index is -0.984. The van der Waals surface area contributed by atoms with Crippen LogP contribution in [0.2, 0.25) is 10.0 Å². The molecule has 1 aromatic heterocycles. The molecule has 6 heteroatoms. The van der Waals surface area contributed by atoms with Gasteiger partial charge in [0.05, 0.1) is 16.4 Å². The topological polar surface area (TPSA) is 55.1 Å². The van der Waals surface area contributed by atoms with Gasteiger partial charge in [-0.3, -0.25) is 0 Å². The van der Waals surface area contributed by atoms with E-state index in [4.69, 9.17) is 23.2 Å². The molecule has 2 aliphatic carbocycles. The van der Waals surface area contributed by atoms with Crippen molar-refractivity contribution in [2.24, 2.45) is 5.41 Å². The van der Waals surface area contributed by atoms with Crippen molar-refractivity contribution in [2.75, 3.05) is 0 Å². The van der Waals surface area contributed by atoms with Crippen LogP contribution in [-0.2, 0) is 5.41 Å². The number of benzene rings is 1. The first-order chi connectivity index (χ1) is 11.2. The van der Waals surface area contributed by atoms with E-state index in [-0.39, 0.29) is 22.4 Å². The number of carbonyl (C=O) groups is 1. The molecule has 126 valence electrons. The summed E-state index contributed by atoms with van der Waals surface area (Å²) in [5, 5.41) is 15.1. The molecule has 1 saturated carbocycles. The van der Waals surface area contributed by atoms with E-state index in [0.717, 1.165) is 24.1 Å². The highest BCUT2D eigenvalue weighted by Crippen LogP contribution is 2.68. The summed E-state index contributed by atoms with van der Waals surface area (Å²) in [5.74, 6) is -0.773.